The molecule has 5 heterocycles. The third-order valence-electron chi connectivity index (χ3n) is 9.69. The van der Waals surface area contributed by atoms with E-state index in [0.29, 0.717) is 67.1 Å². The van der Waals surface area contributed by atoms with Gasteiger partial charge in [0.05, 0.1) is 44.2 Å². The summed E-state index contributed by atoms with van der Waals surface area (Å²) in [5.74, 6) is 1.43. The van der Waals surface area contributed by atoms with E-state index in [1.165, 1.54) is 19.2 Å². The number of nitriles is 1. The summed E-state index contributed by atoms with van der Waals surface area (Å²) in [7, 11) is 1.69. The van der Waals surface area contributed by atoms with Gasteiger partial charge in [0.25, 0.3) is 5.88 Å². The van der Waals surface area contributed by atoms with E-state index in [4.69, 9.17) is 24.0 Å². The van der Waals surface area contributed by atoms with Crippen molar-refractivity contribution in [2.45, 2.75) is 88.7 Å². The molecule has 3 fully saturated rings. The Balaban J connectivity index is 1.02. The highest BCUT2D eigenvalue weighted by atomic mass is 16.5. The largest absolute Gasteiger partial charge is 0.487 e. The average Bonchev–Trinajstić information content (AvgIpc) is 3.85. The number of methoxy groups -OCH3 is 1. The molecule has 15 heteroatoms. The lowest BCUT2D eigenvalue weighted by Crippen LogP contribution is -2.52. The van der Waals surface area contributed by atoms with Crippen molar-refractivity contribution in [3.8, 4) is 28.8 Å². The van der Waals surface area contributed by atoms with Crippen LogP contribution in [-0.4, -0.2) is 103 Å². The fraction of sp³-hybridized carbons (Fsp3) is 0.559. The Morgan fingerprint density at radius 3 is 2.47 bits per heavy atom. The van der Waals surface area contributed by atoms with Gasteiger partial charge in [-0.3, -0.25) is 9.58 Å². The van der Waals surface area contributed by atoms with Crippen LogP contribution in [0.4, 0.5) is 11.6 Å². The summed E-state index contributed by atoms with van der Waals surface area (Å²) in [6.07, 6.45) is 14.5. The monoisotopic (exact) mass is 669 g/mol. The number of fused-ring (bicyclic) bond motifs is 2. The van der Waals surface area contributed by atoms with Crippen molar-refractivity contribution in [2.75, 3.05) is 38.9 Å². The van der Waals surface area contributed by atoms with Gasteiger partial charge in [0.2, 0.25) is 5.95 Å². The van der Waals surface area contributed by atoms with Crippen molar-refractivity contribution in [1.29, 1.82) is 5.26 Å². The summed E-state index contributed by atoms with van der Waals surface area (Å²) in [6, 6.07) is 9.73. The molecule has 1 aromatic carbocycles. The predicted molar refractivity (Wildman–Crippen MR) is 178 cm³/mol. The fourth-order valence-electron chi connectivity index (χ4n) is 7.34. The summed E-state index contributed by atoms with van der Waals surface area (Å²) in [5, 5.41) is 29.1. The Morgan fingerprint density at radius 2 is 1.76 bits per heavy atom. The molecule has 3 aromatic heterocycles. The van der Waals surface area contributed by atoms with Crippen LogP contribution in [0.15, 0.2) is 43.1 Å². The second-order valence-electron chi connectivity index (χ2n) is 13.1. The summed E-state index contributed by atoms with van der Waals surface area (Å²) in [6.45, 7) is 5.20. The zero-order valence-electron chi connectivity index (χ0n) is 28.0. The SMILES string of the molecule is COCCCOc1nn(C2CCC(N3[C@@H]4CC[C@H]3COC4)CC2)cc1Nc1ncc(-c2ccc(C#N)c(OC(C)Cn3cnnn3)c2)cn1. The van der Waals surface area contributed by atoms with Crippen LogP contribution in [0.25, 0.3) is 11.1 Å². The Kier molecular flexibility index (Phi) is 10.2. The van der Waals surface area contributed by atoms with Crippen LogP contribution in [0.5, 0.6) is 11.6 Å². The number of morpholine rings is 1. The van der Waals surface area contributed by atoms with Gasteiger partial charge in [0, 0.05) is 56.2 Å². The lowest BCUT2D eigenvalue weighted by atomic mass is 9.89. The first kappa shape index (κ1) is 32.9. The molecule has 7 rings (SSSR count). The molecule has 2 bridgehead atoms. The Hall–Kier alpha value is -4.65. The number of hydrogen-bond donors (Lipinski definition) is 1. The summed E-state index contributed by atoms with van der Waals surface area (Å²) in [5.41, 5.74) is 2.77. The van der Waals surface area contributed by atoms with Gasteiger partial charge in [-0.1, -0.05) is 6.07 Å². The molecule has 258 valence electrons. The third-order valence-corrected chi connectivity index (χ3v) is 9.69. The molecular weight excluding hydrogens is 626 g/mol. The van der Waals surface area contributed by atoms with Crippen molar-refractivity contribution in [3.63, 3.8) is 0 Å². The predicted octanol–water partition coefficient (Wildman–Crippen LogP) is 4.17. The standard InChI is InChI=1S/C34H43N11O4/c1-23(18-43-22-38-41-42-43)49-32-14-24(4-5-25(32)15-35)26-16-36-34(37-17-26)39-31-19-44(40-33(31)48-13-3-12-46-2)27-6-8-28(9-7-27)45-29-10-11-30(45)21-47-20-29/h4-5,14,16-17,19,22-23,27-30H,3,6-13,18,20-21H2,1-2H3,(H,36,37,39)/t23?,27?,28?,29-,30+. The van der Waals surface area contributed by atoms with E-state index in [1.54, 1.807) is 30.3 Å². The highest BCUT2D eigenvalue weighted by Crippen LogP contribution is 2.39. The third kappa shape index (κ3) is 7.66. The maximum Gasteiger partial charge on any atom is 0.256 e. The van der Waals surface area contributed by atoms with Crippen LogP contribution in [0.2, 0.25) is 0 Å². The zero-order chi connectivity index (χ0) is 33.6. The minimum Gasteiger partial charge on any atom is -0.487 e. The molecule has 1 aliphatic carbocycles. The number of tetrazole rings is 1. The van der Waals surface area contributed by atoms with Gasteiger partial charge in [-0.25, -0.2) is 14.6 Å². The molecule has 15 nitrogen and oxygen atoms in total. The Morgan fingerprint density at radius 1 is 1.00 bits per heavy atom. The first-order valence-electron chi connectivity index (χ1n) is 17.1. The summed E-state index contributed by atoms with van der Waals surface area (Å²) >= 11 is 0. The van der Waals surface area contributed by atoms with Gasteiger partial charge < -0.3 is 24.3 Å². The van der Waals surface area contributed by atoms with Crippen LogP contribution < -0.4 is 14.8 Å². The smallest absolute Gasteiger partial charge is 0.256 e. The molecule has 3 atom stereocenters. The fourth-order valence-corrected chi connectivity index (χ4v) is 7.34. The van der Waals surface area contributed by atoms with Gasteiger partial charge in [0.1, 0.15) is 29.9 Å². The normalized spacial score (nSPS) is 22.8. The molecule has 1 N–H and O–H groups in total. The van der Waals surface area contributed by atoms with E-state index < -0.39 is 0 Å². The molecule has 49 heavy (non-hydrogen) atoms. The van der Waals surface area contributed by atoms with E-state index in [0.717, 1.165) is 62.1 Å². The molecule has 0 radical (unpaired) electrons. The van der Waals surface area contributed by atoms with E-state index >= 15 is 0 Å². The molecule has 1 saturated carbocycles. The molecule has 1 unspecified atom stereocenters. The van der Waals surface area contributed by atoms with Crippen molar-refractivity contribution < 1.29 is 18.9 Å². The Labute approximate surface area is 285 Å². The van der Waals surface area contributed by atoms with E-state index in [1.807, 2.05) is 25.3 Å². The second kappa shape index (κ2) is 15.3. The van der Waals surface area contributed by atoms with Crippen LogP contribution in [0.3, 0.4) is 0 Å². The minimum atomic E-state index is -0.268. The van der Waals surface area contributed by atoms with Crippen LogP contribution in [0, 0.1) is 11.3 Å². The quantitative estimate of drug-likeness (QED) is 0.191. The highest BCUT2D eigenvalue weighted by molar-refractivity contribution is 5.67. The number of rotatable bonds is 14. The van der Waals surface area contributed by atoms with E-state index in [-0.39, 0.29) is 6.10 Å². The van der Waals surface area contributed by atoms with Gasteiger partial charge >= 0.3 is 0 Å². The number of anilines is 2. The number of benzene rings is 1. The number of nitrogens with zero attached hydrogens (tertiary/aromatic N) is 10. The van der Waals surface area contributed by atoms with Crippen LogP contribution in [0.1, 0.15) is 63.5 Å². The maximum atomic E-state index is 9.67. The molecule has 0 amide bonds. The zero-order valence-corrected chi connectivity index (χ0v) is 28.0. The highest BCUT2D eigenvalue weighted by Gasteiger charge is 2.42. The summed E-state index contributed by atoms with van der Waals surface area (Å²) < 4.78 is 26.9. The van der Waals surface area contributed by atoms with Crippen LogP contribution in [-0.2, 0) is 16.0 Å². The maximum absolute atomic E-state index is 9.67. The first-order valence-corrected chi connectivity index (χ1v) is 17.1. The van der Waals surface area contributed by atoms with Gasteiger partial charge in [-0.2, -0.15) is 5.26 Å². The molecular formula is C34H43N11O4. The molecule has 4 aromatic rings. The number of nitrogens with one attached hydrogen (secondary N) is 1. The van der Waals surface area contributed by atoms with Crippen molar-refractivity contribution in [3.05, 3.63) is 48.7 Å². The van der Waals surface area contributed by atoms with Gasteiger partial charge in [0.15, 0.2) is 0 Å². The molecule has 2 saturated heterocycles. The number of ether oxygens (including phenoxy) is 4. The first-order chi connectivity index (χ1) is 24.1. The lowest BCUT2D eigenvalue weighted by Gasteiger charge is -2.43. The number of aromatic nitrogens is 8. The summed E-state index contributed by atoms with van der Waals surface area (Å²) in [4.78, 5) is 12.0. The van der Waals surface area contributed by atoms with Crippen molar-refractivity contribution >= 4 is 11.6 Å². The Bertz CT molecular complexity index is 1680. The van der Waals surface area contributed by atoms with E-state index in [2.05, 4.69) is 46.5 Å². The van der Waals surface area contributed by atoms with Gasteiger partial charge in [-0.05, 0) is 73.6 Å². The van der Waals surface area contributed by atoms with E-state index in [9.17, 15) is 5.26 Å². The minimum absolute atomic E-state index is 0.268. The van der Waals surface area contributed by atoms with Crippen molar-refractivity contribution in [2.24, 2.45) is 0 Å². The molecule has 0 spiro atoms. The molecule has 2 aliphatic heterocycles. The topological polar surface area (TPSA) is 163 Å². The van der Waals surface area contributed by atoms with Gasteiger partial charge in [-0.15, -0.1) is 10.2 Å². The number of hydrogen-bond acceptors (Lipinski definition) is 13. The molecule has 3 aliphatic rings. The average molecular weight is 670 g/mol. The lowest BCUT2D eigenvalue weighted by molar-refractivity contribution is -0.0458. The van der Waals surface area contributed by atoms with Crippen LogP contribution >= 0.6 is 0 Å². The van der Waals surface area contributed by atoms with Crippen molar-refractivity contribution in [1.82, 2.24) is 44.9 Å². The second-order valence-corrected chi connectivity index (χ2v) is 13.1.